The third-order valence-corrected chi connectivity index (χ3v) is 7.23. The average Bonchev–Trinajstić information content (AvgIpc) is 3.58. The number of nitrogens with one attached hydrogen (secondary N) is 3. The molecule has 2 amide bonds. The molecule has 0 unspecified atom stereocenters. The maximum atomic E-state index is 13.4. The van der Waals surface area contributed by atoms with Crippen molar-refractivity contribution in [3.63, 3.8) is 0 Å². The van der Waals surface area contributed by atoms with E-state index in [2.05, 4.69) is 32.1 Å². The number of hydrogen-bond acceptors (Lipinski definition) is 6. The first kappa shape index (κ1) is 28.5. The molecule has 4 rings (SSSR count). The standard InChI is InChI=1S/C28H31N7O4S/c1-5-40(38,39)31-17-27(36)29-15-20-8-6-7-9-25(20)28(37)32-19(2)21-12-22(24-16-30-35(4)18-24)14-23(13-21)26-10-11-34(3)33-26/h5-14,16,18-19,31H,1,15,17H2,2-4H3,(H,29,36)(H,32,37)/t19-/m1/s1. The Morgan fingerprint density at radius 1 is 1.05 bits per heavy atom. The molecular weight excluding hydrogens is 530 g/mol. The molecule has 0 bridgehead atoms. The summed E-state index contributed by atoms with van der Waals surface area (Å²) >= 11 is 0. The minimum atomic E-state index is -3.72. The second kappa shape index (κ2) is 12.1. The van der Waals surface area contributed by atoms with Gasteiger partial charge in [0.25, 0.3) is 5.91 Å². The highest BCUT2D eigenvalue weighted by Crippen LogP contribution is 2.30. The van der Waals surface area contributed by atoms with Crippen LogP contribution in [0.4, 0.5) is 0 Å². The molecule has 12 heteroatoms. The molecule has 208 valence electrons. The molecule has 2 heterocycles. The summed E-state index contributed by atoms with van der Waals surface area (Å²) in [5.74, 6) is -0.848. The van der Waals surface area contributed by atoms with Gasteiger partial charge in [0.15, 0.2) is 0 Å². The van der Waals surface area contributed by atoms with Crippen molar-refractivity contribution in [3.05, 3.63) is 95.8 Å². The lowest BCUT2D eigenvalue weighted by Crippen LogP contribution is -2.36. The Morgan fingerprint density at radius 2 is 1.80 bits per heavy atom. The van der Waals surface area contributed by atoms with Gasteiger partial charge in [-0.25, -0.2) is 13.1 Å². The fourth-order valence-corrected chi connectivity index (χ4v) is 4.54. The highest BCUT2D eigenvalue weighted by molar-refractivity contribution is 7.92. The van der Waals surface area contributed by atoms with Gasteiger partial charge in [0, 0.05) is 55.1 Å². The first-order chi connectivity index (χ1) is 19.0. The molecule has 11 nitrogen and oxygen atoms in total. The number of carbonyl (C=O) groups is 2. The Labute approximate surface area is 233 Å². The Morgan fingerprint density at radius 3 is 2.48 bits per heavy atom. The lowest BCUT2D eigenvalue weighted by molar-refractivity contribution is -0.120. The number of nitrogens with zero attached hydrogens (tertiary/aromatic N) is 4. The van der Waals surface area contributed by atoms with Crippen LogP contribution in [0.15, 0.2) is 79.1 Å². The van der Waals surface area contributed by atoms with Crippen LogP contribution in [-0.4, -0.2) is 46.3 Å². The summed E-state index contributed by atoms with van der Waals surface area (Å²) in [5.41, 5.74) is 5.48. The van der Waals surface area contributed by atoms with Gasteiger partial charge in [-0.05, 0) is 53.9 Å². The summed E-state index contributed by atoms with van der Waals surface area (Å²) in [4.78, 5) is 25.5. The van der Waals surface area contributed by atoms with Crippen molar-refractivity contribution >= 4 is 21.8 Å². The molecule has 3 N–H and O–H groups in total. The summed E-state index contributed by atoms with van der Waals surface area (Å²) in [6.07, 6.45) is 5.59. The van der Waals surface area contributed by atoms with Crippen LogP contribution >= 0.6 is 0 Å². The third kappa shape index (κ3) is 7.10. The number of rotatable bonds is 11. The number of aromatic nitrogens is 4. The van der Waals surface area contributed by atoms with Crippen LogP contribution in [0.1, 0.15) is 34.5 Å². The number of benzene rings is 2. The highest BCUT2D eigenvalue weighted by atomic mass is 32.2. The Hall–Kier alpha value is -4.55. The van der Waals surface area contributed by atoms with Crippen LogP contribution in [0.25, 0.3) is 22.4 Å². The normalized spacial score (nSPS) is 12.1. The number of aryl methyl sites for hydroxylation is 2. The molecule has 0 saturated carbocycles. The van der Waals surface area contributed by atoms with Crippen molar-refractivity contribution in [2.45, 2.75) is 19.5 Å². The summed E-state index contributed by atoms with van der Waals surface area (Å²) in [7, 11) is -0.00378. The van der Waals surface area contributed by atoms with Gasteiger partial charge < -0.3 is 10.6 Å². The van der Waals surface area contributed by atoms with E-state index in [0.717, 1.165) is 33.4 Å². The summed E-state index contributed by atoms with van der Waals surface area (Å²) in [5, 5.41) is 15.3. The minimum Gasteiger partial charge on any atom is -0.351 e. The fraction of sp³-hybridized carbons (Fsp3) is 0.214. The van der Waals surface area contributed by atoms with Crippen LogP contribution in [0.3, 0.4) is 0 Å². The van der Waals surface area contributed by atoms with Crippen molar-refractivity contribution in [2.24, 2.45) is 14.1 Å². The number of amides is 2. The van der Waals surface area contributed by atoms with E-state index >= 15 is 0 Å². The van der Waals surface area contributed by atoms with Crippen molar-refractivity contribution < 1.29 is 18.0 Å². The summed E-state index contributed by atoms with van der Waals surface area (Å²) in [6, 6.07) is 14.6. The lowest BCUT2D eigenvalue weighted by atomic mass is 9.96. The van der Waals surface area contributed by atoms with E-state index in [1.54, 1.807) is 39.8 Å². The predicted molar refractivity (Wildman–Crippen MR) is 152 cm³/mol. The minimum absolute atomic E-state index is 0.0486. The van der Waals surface area contributed by atoms with E-state index in [0.29, 0.717) is 11.1 Å². The van der Waals surface area contributed by atoms with Gasteiger partial charge in [-0.2, -0.15) is 10.2 Å². The van der Waals surface area contributed by atoms with E-state index in [4.69, 9.17) is 0 Å². The quantitative estimate of drug-likeness (QED) is 0.257. The molecule has 4 aromatic rings. The summed E-state index contributed by atoms with van der Waals surface area (Å²) in [6.45, 7) is 4.70. The van der Waals surface area contributed by atoms with Crippen molar-refractivity contribution in [3.8, 4) is 22.4 Å². The smallest absolute Gasteiger partial charge is 0.252 e. The fourth-order valence-electron chi connectivity index (χ4n) is 4.09. The SMILES string of the molecule is C=CS(=O)(=O)NCC(=O)NCc1ccccc1C(=O)N[C@H](C)c1cc(-c2cnn(C)c2)cc(-c2ccn(C)n2)c1. The molecule has 0 aliphatic rings. The molecule has 2 aromatic carbocycles. The lowest BCUT2D eigenvalue weighted by Gasteiger charge is -2.18. The van der Waals surface area contributed by atoms with Crippen LogP contribution in [0.5, 0.6) is 0 Å². The zero-order chi connectivity index (χ0) is 28.9. The summed E-state index contributed by atoms with van der Waals surface area (Å²) < 4.78 is 28.5. The second-order valence-electron chi connectivity index (χ2n) is 9.28. The Bertz CT molecular complexity index is 1600. The van der Waals surface area contributed by atoms with Crippen molar-refractivity contribution in [1.82, 2.24) is 34.9 Å². The van der Waals surface area contributed by atoms with Gasteiger partial charge in [-0.15, -0.1) is 0 Å². The topological polar surface area (TPSA) is 140 Å². The first-order valence-electron chi connectivity index (χ1n) is 12.5. The third-order valence-electron chi connectivity index (χ3n) is 6.24. The average molecular weight is 562 g/mol. The van der Waals surface area contributed by atoms with Crippen molar-refractivity contribution in [1.29, 1.82) is 0 Å². The first-order valence-corrected chi connectivity index (χ1v) is 14.0. The largest absolute Gasteiger partial charge is 0.351 e. The molecule has 0 radical (unpaired) electrons. The molecular formula is C28H31N7O4S. The molecule has 40 heavy (non-hydrogen) atoms. The van der Waals surface area contributed by atoms with E-state index in [1.165, 1.54) is 0 Å². The van der Waals surface area contributed by atoms with Crippen LogP contribution in [0.2, 0.25) is 0 Å². The maximum Gasteiger partial charge on any atom is 0.252 e. The Balaban J connectivity index is 1.52. The predicted octanol–water partition coefficient (Wildman–Crippen LogP) is 2.66. The zero-order valence-corrected chi connectivity index (χ0v) is 23.3. The monoisotopic (exact) mass is 561 g/mol. The van der Waals surface area contributed by atoms with E-state index < -0.39 is 22.5 Å². The van der Waals surface area contributed by atoms with E-state index in [-0.39, 0.29) is 18.5 Å². The molecule has 0 aliphatic heterocycles. The van der Waals surface area contributed by atoms with Gasteiger partial charge >= 0.3 is 0 Å². The molecule has 1 atom stereocenters. The highest BCUT2D eigenvalue weighted by Gasteiger charge is 2.18. The molecule has 0 aliphatic carbocycles. The number of hydrogen-bond donors (Lipinski definition) is 3. The van der Waals surface area contributed by atoms with Crippen LogP contribution in [-0.2, 0) is 35.5 Å². The maximum absolute atomic E-state index is 13.4. The Kier molecular flexibility index (Phi) is 8.61. The molecule has 2 aromatic heterocycles. The van der Waals surface area contributed by atoms with E-state index in [9.17, 15) is 18.0 Å². The van der Waals surface area contributed by atoms with Gasteiger partial charge in [-0.3, -0.25) is 19.0 Å². The van der Waals surface area contributed by atoms with Crippen molar-refractivity contribution in [2.75, 3.05) is 6.54 Å². The number of sulfonamides is 1. The van der Waals surface area contributed by atoms with Gasteiger partial charge in [-0.1, -0.05) is 24.8 Å². The number of carbonyl (C=O) groups excluding carboxylic acids is 2. The molecule has 0 fully saturated rings. The molecule has 0 spiro atoms. The molecule has 0 saturated heterocycles. The van der Waals surface area contributed by atoms with E-state index in [1.807, 2.05) is 57.7 Å². The van der Waals surface area contributed by atoms with Gasteiger partial charge in [0.1, 0.15) is 0 Å². The van der Waals surface area contributed by atoms with Gasteiger partial charge in [0.05, 0.1) is 24.5 Å². The zero-order valence-electron chi connectivity index (χ0n) is 22.5. The van der Waals surface area contributed by atoms with Crippen LogP contribution < -0.4 is 15.4 Å². The van der Waals surface area contributed by atoms with Crippen LogP contribution in [0, 0.1) is 0 Å². The second-order valence-corrected chi connectivity index (χ2v) is 11.0. The van der Waals surface area contributed by atoms with Gasteiger partial charge in [0.2, 0.25) is 15.9 Å².